The van der Waals surface area contributed by atoms with Gasteiger partial charge in [-0.25, -0.2) is 0 Å². The van der Waals surface area contributed by atoms with Crippen molar-refractivity contribution in [3.8, 4) is 0 Å². The number of carbonyl (C=O) groups excluding carboxylic acids is 2. The Balaban J connectivity index is 3.43. The first-order valence-electron chi connectivity index (χ1n) is 23.2. The zero-order chi connectivity index (χ0) is 37.1. The van der Waals surface area contributed by atoms with Gasteiger partial charge >= 0.3 is 0 Å². The van der Waals surface area contributed by atoms with E-state index in [1.165, 1.54) is 193 Å². The summed E-state index contributed by atoms with van der Waals surface area (Å²) in [4.78, 5) is 24.6. The highest BCUT2D eigenvalue weighted by atomic mass is 16.3. The van der Waals surface area contributed by atoms with Crippen LogP contribution >= 0.6 is 0 Å². The number of hydrogen-bond acceptors (Lipinski definition) is 3. The van der Waals surface area contributed by atoms with E-state index in [4.69, 9.17) is 0 Å². The van der Waals surface area contributed by atoms with Gasteiger partial charge in [-0.05, 0) is 51.4 Å². The summed E-state index contributed by atoms with van der Waals surface area (Å²) in [5.41, 5.74) is 0. The lowest BCUT2D eigenvalue weighted by atomic mass is 10.0. The first-order chi connectivity index (χ1) is 25.1. The fourth-order valence-corrected chi connectivity index (χ4v) is 7.28. The van der Waals surface area contributed by atoms with Crippen molar-refractivity contribution in [1.82, 2.24) is 5.32 Å². The quantitative estimate of drug-likeness (QED) is 0.0487. The van der Waals surface area contributed by atoms with Crippen LogP contribution in [-0.4, -0.2) is 29.4 Å². The summed E-state index contributed by atoms with van der Waals surface area (Å²) >= 11 is 0. The lowest BCUT2D eigenvalue weighted by Crippen LogP contribution is -2.37. The van der Waals surface area contributed by atoms with Crippen LogP contribution in [0.2, 0.25) is 0 Å². The average molecular weight is 718 g/mol. The van der Waals surface area contributed by atoms with Crippen LogP contribution in [0, 0.1) is 0 Å². The number of Topliss-reactive ketones (excluding diaryl/α,β-unsaturated/α-hetero) is 1. The maximum absolute atomic E-state index is 12.4. The predicted octanol–water partition coefficient (Wildman–Crippen LogP) is 14.8. The van der Waals surface area contributed by atoms with E-state index in [1.54, 1.807) is 0 Å². The number of rotatable bonds is 43. The molecule has 2 N–H and O–H groups in total. The second-order valence-corrected chi connectivity index (χ2v) is 16.0. The van der Waals surface area contributed by atoms with Crippen molar-refractivity contribution < 1.29 is 14.7 Å². The Kier molecular flexibility index (Phi) is 42.3. The number of ketones is 1. The Bertz CT molecular complexity index is 735. The number of aliphatic hydroxyl groups is 1. The minimum Gasteiger partial charge on any atom is -0.394 e. The second-order valence-electron chi connectivity index (χ2n) is 16.0. The highest BCUT2D eigenvalue weighted by molar-refractivity contribution is 5.78. The maximum atomic E-state index is 12.4. The van der Waals surface area contributed by atoms with E-state index < -0.39 is 0 Å². The Morgan fingerprint density at radius 1 is 0.431 bits per heavy atom. The number of amides is 1. The summed E-state index contributed by atoms with van der Waals surface area (Å²) in [5, 5.41) is 12.8. The largest absolute Gasteiger partial charge is 0.394 e. The SMILES string of the molecule is CCCCCCCC/C=C\CCCCCCCC(=O)CCCCCCCCCCC(=O)N[C@@H](CO)CCCCCCCCCCCCCCCC. The number of hydrogen-bond donors (Lipinski definition) is 2. The van der Waals surface area contributed by atoms with Crippen LogP contribution in [-0.2, 0) is 9.59 Å². The molecule has 0 bridgehead atoms. The van der Waals surface area contributed by atoms with E-state index in [9.17, 15) is 14.7 Å². The fourth-order valence-electron chi connectivity index (χ4n) is 7.28. The van der Waals surface area contributed by atoms with Crippen LogP contribution in [0.15, 0.2) is 12.2 Å². The van der Waals surface area contributed by atoms with Crippen LogP contribution in [0.25, 0.3) is 0 Å². The molecule has 0 heterocycles. The number of unbranched alkanes of at least 4 members (excludes halogenated alkanes) is 31. The molecular weight excluding hydrogens is 627 g/mol. The molecule has 0 aromatic rings. The minimum atomic E-state index is -0.0800. The van der Waals surface area contributed by atoms with Crippen LogP contribution in [0.3, 0.4) is 0 Å². The first kappa shape index (κ1) is 49.8. The number of allylic oxidation sites excluding steroid dienone is 2. The van der Waals surface area contributed by atoms with Gasteiger partial charge in [-0.3, -0.25) is 9.59 Å². The molecule has 51 heavy (non-hydrogen) atoms. The Morgan fingerprint density at radius 2 is 0.745 bits per heavy atom. The highest BCUT2D eigenvalue weighted by Gasteiger charge is 2.11. The van der Waals surface area contributed by atoms with Crippen LogP contribution < -0.4 is 5.32 Å². The van der Waals surface area contributed by atoms with Crippen molar-refractivity contribution in [3.05, 3.63) is 12.2 Å². The molecule has 4 nitrogen and oxygen atoms in total. The van der Waals surface area contributed by atoms with E-state index in [1.807, 2.05) is 0 Å². The average Bonchev–Trinajstić information content (AvgIpc) is 3.13. The Hall–Kier alpha value is -1.16. The highest BCUT2D eigenvalue weighted by Crippen LogP contribution is 2.16. The van der Waals surface area contributed by atoms with Gasteiger partial charge in [-0.1, -0.05) is 206 Å². The Labute approximate surface area is 320 Å². The van der Waals surface area contributed by atoms with E-state index >= 15 is 0 Å². The van der Waals surface area contributed by atoms with Crippen molar-refractivity contribution in [1.29, 1.82) is 0 Å². The molecule has 0 aliphatic heterocycles. The number of carbonyl (C=O) groups is 2. The van der Waals surface area contributed by atoms with Crippen LogP contribution in [0.1, 0.15) is 264 Å². The monoisotopic (exact) mass is 718 g/mol. The molecule has 302 valence electrons. The zero-order valence-corrected chi connectivity index (χ0v) is 34.8. The standard InChI is InChI=1S/C47H91NO3/c1-3-5-7-9-11-13-15-17-19-21-23-25-29-33-37-41-46(50)42-38-34-30-26-27-31-35-39-43-47(51)48-45(44-49)40-36-32-28-24-22-20-18-16-14-12-10-8-6-4-2/h17,19,45,49H,3-16,18,20-44H2,1-2H3,(H,48,51)/b19-17-/t45-/m1/s1. The van der Waals surface area contributed by atoms with E-state index in [-0.39, 0.29) is 18.6 Å². The second kappa shape index (κ2) is 43.2. The molecule has 1 atom stereocenters. The molecule has 0 unspecified atom stereocenters. The molecule has 0 aliphatic rings. The summed E-state index contributed by atoms with van der Waals surface area (Å²) in [7, 11) is 0. The molecule has 0 radical (unpaired) electrons. The maximum Gasteiger partial charge on any atom is 0.220 e. The molecule has 0 aromatic heterocycles. The summed E-state index contributed by atoms with van der Waals surface area (Å²) in [6.07, 6.45) is 52.7. The molecule has 0 spiro atoms. The lowest BCUT2D eigenvalue weighted by Gasteiger charge is -2.16. The molecule has 4 heteroatoms. The summed E-state index contributed by atoms with van der Waals surface area (Å²) in [6.45, 7) is 4.61. The molecule has 0 saturated carbocycles. The normalized spacial score (nSPS) is 12.2. The first-order valence-corrected chi connectivity index (χ1v) is 23.2. The van der Waals surface area contributed by atoms with Crippen LogP contribution in [0.5, 0.6) is 0 Å². The van der Waals surface area contributed by atoms with Gasteiger partial charge in [-0.15, -0.1) is 0 Å². The van der Waals surface area contributed by atoms with E-state index in [0.717, 1.165) is 51.4 Å². The summed E-state index contributed by atoms with van der Waals surface area (Å²) in [6, 6.07) is -0.0800. The summed E-state index contributed by atoms with van der Waals surface area (Å²) in [5.74, 6) is 0.569. The van der Waals surface area contributed by atoms with Gasteiger partial charge in [-0.2, -0.15) is 0 Å². The van der Waals surface area contributed by atoms with Gasteiger partial charge < -0.3 is 10.4 Å². The number of aliphatic hydroxyl groups excluding tert-OH is 1. The van der Waals surface area contributed by atoms with Crippen molar-refractivity contribution in [2.24, 2.45) is 0 Å². The van der Waals surface area contributed by atoms with Gasteiger partial charge in [0.15, 0.2) is 0 Å². The number of nitrogens with one attached hydrogen (secondary N) is 1. The molecule has 0 aliphatic carbocycles. The third-order valence-electron chi connectivity index (χ3n) is 10.8. The topological polar surface area (TPSA) is 66.4 Å². The van der Waals surface area contributed by atoms with Crippen molar-refractivity contribution >= 4 is 11.7 Å². The molecule has 0 aromatic carbocycles. The predicted molar refractivity (Wildman–Crippen MR) is 225 cm³/mol. The molecule has 0 rings (SSSR count). The van der Waals surface area contributed by atoms with E-state index in [2.05, 4.69) is 31.3 Å². The van der Waals surface area contributed by atoms with Gasteiger partial charge in [0.1, 0.15) is 5.78 Å². The Morgan fingerprint density at radius 3 is 1.12 bits per heavy atom. The van der Waals surface area contributed by atoms with Crippen LogP contribution in [0.4, 0.5) is 0 Å². The zero-order valence-electron chi connectivity index (χ0n) is 34.8. The third kappa shape index (κ3) is 41.5. The van der Waals surface area contributed by atoms with E-state index in [0.29, 0.717) is 12.2 Å². The minimum absolute atomic E-state index is 0.0491. The van der Waals surface area contributed by atoms with Crippen molar-refractivity contribution in [2.45, 2.75) is 270 Å². The fraction of sp³-hybridized carbons (Fsp3) is 0.915. The van der Waals surface area contributed by atoms with Crippen molar-refractivity contribution in [3.63, 3.8) is 0 Å². The molecule has 0 fully saturated rings. The summed E-state index contributed by atoms with van der Waals surface area (Å²) < 4.78 is 0. The van der Waals surface area contributed by atoms with Gasteiger partial charge in [0.2, 0.25) is 5.91 Å². The van der Waals surface area contributed by atoms with Gasteiger partial charge in [0, 0.05) is 19.3 Å². The molecular formula is C47H91NO3. The lowest BCUT2D eigenvalue weighted by molar-refractivity contribution is -0.122. The smallest absolute Gasteiger partial charge is 0.220 e. The van der Waals surface area contributed by atoms with Crippen molar-refractivity contribution in [2.75, 3.05) is 6.61 Å². The van der Waals surface area contributed by atoms with Gasteiger partial charge in [0.25, 0.3) is 0 Å². The molecule has 0 saturated heterocycles. The molecule has 1 amide bonds. The third-order valence-corrected chi connectivity index (χ3v) is 10.8. The van der Waals surface area contributed by atoms with Gasteiger partial charge in [0.05, 0.1) is 12.6 Å².